The normalized spacial score (nSPS) is 18.3. The summed E-state index contributed by atoms with van der Waals surface area (Å²) in [4.78, 5) is 17.6. The Morgan fingerprint density at radius 1 is 1.12 bits per heavy atom. The summed E-state index contributed by atoms with van der Waals surface area (Å²) in [6.45, 7) is 2.07. The molecular weight excluding hydrogens is 458 g/mol. The molecule has 0 aliphatic carbocycles. The topological polar surface area (TPSA) is 45.2 Å². The fourth-order valence-corrected chi connectivity index (χ4v) is 4.40. The first kappa shape index (κ1) is 23.0. The van der Waals surface area contributed by atoms with Gasteiger partial charge in [0.1, 0.15) is 16.8 Å². The first-order valence-electron chi connectivity index (χ1n) is 10.3. The smallest absolute Gasteiger partial charge is 0.210 e. The SMILES string of the molecule is Cc1c(Cl)ncc(C2CC(c3ccc(F)cc3)CCN2C=O)c1Nc1cc(F)cc(F)c1F. The van der Waals surface area contributed by atoms with Gasteiger partial charge >= 0.3 is 0 Å². The van der Waals surface area contributed by atoms with Gasteiger partial charge in [-0.3, -0.25) is 4.79 Å². The molecule has 0 spiro atoms. The van der Waals surface area contributed by atoms with Gasteiger partial charge < -0.3 is 10.2 Å². The molecule has 4 nitrogen and oxygen atoms in total. The highest BCUT2D eigenvalue weighted by atomic mass is 35.5. The van der Waals surface area contributed by atoms with Crippen molar-refractivity contribution in [1.82, 2.24) is 9.88 Å². The van der Waals surface area contributed by atoms with E-state index in [9.17, 15) is 22.4 Å². The zero-order valence-corrected chi connectivity index (χ0v) is 18.3. The first-order chi connectivity index (χ1) is 15.8. The third-order valence-corrected chi connectivity index (χ3v) is 6.40. The molecule has 33 heavy (non-hydrogen) atoms. The van der Waals surface area contributed by atoms with Crippen molar-refractivity contribution in [3.05, 3.63) is 87.7 Å². The third kappa shape index (κ3) is 4.66. The lowest BCUT2D eigenvalue weighted by Crippen LogP contribution is -2.35. The molecule has 0 saturated carbocycles. The van der Waals surface area contributed by atoms with Gasteiger partial charge in [-0.1, -0.05) is 23.7 Å². The van der Waals surface area contributed by atoms with Crippen molar-refractivity contribution in [2.24, 2.45) is 0 Å². The number of pyridine rings is 1. The second-order valence-electron chi connectivity index (χ2n) is 8.01. The highest BCUT2D eigenvalue weighted by Gasteiger charge is 2.32. The Morgan fingerprint density at radius 2 is 1.85 bits per heavy atom. The van der Waals surface area contributed by atoms with Gasteiger partial charge in [0.2, 0.25) is 6.41 Å². The molecule has 1 aliphatic heterocycles. The number of rotatable bonds is 5. The Labute approximate surface area is 193 Å². The lowest BCUT2D eigenvalue weighted by atomic mass is 9.82. The van der Waals surface area contributed by atoms with Crippen molar-refractivity contribution >= 4 is 29.4 Å². The molecule has 0 bridgehead atoms. The minimum atomic E-state index is -1.33. The maximum atomic E-state index is 14.4. The molecule has 2 heterocycles. The third-order valence-electron chi connectivity index (χ3n) is 6.02. The Morgan fingerprint density at radius 3 is 2.55 bits per heavy atom. The number of anilines is 2. The van der Waals surface area contributed by atoms with E-state index in [0.29, 0.717) is 42.3 Å². The van der Waals surface area contributed by atoms with Gasteiger partial charge in [0.05, 0.1) is 17.4 Å². The number of carbonyl (C=O) groups excluding carboxylic acids is 1. The van der Waals surface area contributed by atoms with Gasteiger partial charge in [-0.05, 0) is 43.4 Å². The number of amides is 1. The first-order valence-corrected chi connectivity index (χ1v) is 10.7. The molecule has 2 atom stereocenters. The molecule has 1 saturated heterocycles. The number of carbonyl (C=O) groups is 1. The fourth-order valence-electron chi connectivity index (χ4n) is 4.26. The molecule has 1 aromatic heterocycles. The van der Waals surface area contributed by atoms with Crippen molar-refractivity contribution in [2.75, 3.05) is 11.9 Å². The molecule has 1 N–H and O–H groups in total. The summed E-state index contributed by atoms with van der Waals surface area (Å²) in [5, 5.41) is 2.89. The van der Waals surface area contributed by atoms with Gasteiger partial charge in [-0.25, -0.2) is 22.5 Å². The van der Waals surface area contributed by atoms with Crippen molar-refractivity contribution in [1.29, 1.82) is 0 Å². The number of piperidine rings is 1. The van der Waals surface area contributed by atoms with Crippen LogP contribution in [-0.2, 0) is 4.79 Å². The molecule has 1 amide bonds. The molecule has 1 fully saturated rings. The van der Waals surface area contributed by atoms with Crippen molar-refractivity contribution in [2.45, 2.75) is 31.7 Å². The average Bonchev–Trinajstić information content (AvgIpc) is 2.80. The summed E-state index contributed by atoms with van der Waals surface area (Å²) in [6.07, 6.45) is 3.36. The minimum absolute atomic E-state index is 0.0268. The predicted octanol–water partition coefficient (Wildman–Crippen LogP) is 6.42. The second-order valence-corrected chi connectivity index (χ2v) is 8.37. The number of nitrogens with one attached hydrogen (secondary N) is 1. The molecule has 1 aliphatic rings. The molecule has 3 aromatic rings. The average molecular weight is 478 g/mol. The van der Waals surface area contributed by atoms with E-state index in [0.717, 1.165) is 18.0 Å². The summed E-state index contributed by atoms with van der Waals surface area (Å²) in [6, 6.07) is 7.02. The quantitative estimate of drug-likeness (QED) is 0.199. The van der Waals surface area contributed by atoms with Crippen LogP contribution in [-0.4, -0.2) is 22.8 Å². The summed E-state index contributed by atoms with van der Waals surface area (Å²) in [7, 11) is 0. The predicted molar refractivity (Wildman–Crippen MR) is 117 cm³/mol. The largest absolute Gasteiger partial charge is 0.352 e. The van der Waals surface area contributed by atoms with Crippen molar-refractivity contribution in [3.63, 3.8) is 0 Å². The summed E-state index contributed by atoms with van der Waals surface area (Å²) in [5.74, 6) is -3.83. The lowest BCUT2D eigenvalue weighted by Gasteiger charge is -2.38. The van der Waals surface area contributed by atoms with Gasteiger partial charge in [-0.2, -0.15) is 0 Å². The zero-order valence-electron chi connectivity index (χ0n) is 17.6. The molecule has 172 valence electrons. The van der Waals surface area contributed by atoms with Gasteiger partial charge in [0.25, 0.3) is 0 Å². The van der Waals surface area contributed by atoms with Crippen LogP contribution < -0.4 is 5.32 Å². The van der Waals surface area contributed by atoms with Gasteiger partial charge in [0, 0.05) is 36.0 Å². The number of hydrogen-bond donors (Lipinski definition) is 1. The molecule has 2 aromatic carbocycles. The van der Waals surface area contributed by atoms with Crippen LogP contribution in [0, 0.1) is 30.2 Å². The number of aromatic nitrogens is 1. The Hall–Kier alpha value is -3.13. The van der Waals surface area contributed by atoms with E-state index in [1.165, 1.54) is 18.3 Å². The summed E-state index contributed by atoms with van der Waals surface area (Å²) >= 11 is 6.19. The minimum Gasteiger partial charge on any atom is -0.352 e. The number of halogens is 5. The number of hydrogen-bond acceptors (Lipinski definition) is 3. The van der Waals surface area contributed by atoms with Crippen molar-refractivity contribution < 1.29 is 22.4 Å². The van der Waals surface area contributed by atoms with Crippen molar-refractivity contribution in [3.8, 4) is 0 Å². The van der Waals surface area contributed by atoms with E-state index in [2.05, 4.69) is 10.3 Å². The molecule has 2 unspecified atom stereocenters. The van der Waals surface area contributed by atoms with Crippen LogP contribution in [0.3, 0.4) is 0 Å². The Bertz CT molecular complexity index is 1190. The van der Waals surface area contributed by atoms with E-state index < -0.39 is 29.2 Å². The molecule has 4 rings (SSSR count). The summed E-state index contributed by atoms with van der Waals surface area (Å²) < 4.78 is 55.3. The molecule has 0 radical (unpaired) electrons. The Balaban J connectivity index is 1.76. The van der Waals surface area contributed by atoms with Crippen LogP contribution in [0.2, 0.25) is 5.15 Å². The van der Waals surface area contributed by atoms with E-state index in [-0.39, 0.29) is 16.9 Å². The maximum Gasteiger partial charge on any atom is 0.210 e. The number of likely N-dealkylation sites (tertiary alicyclic amines) is 1. The monoisotopic (exact) mass is 477 g/mol. The van der Waals surface area contributed by atoms with Gasteiger partial charge in [0.15, 0.2) is 11.6 Å². The van der Waals surface area contributed by atoms with Crippen LogP contribution in [0.1, 0.15) is 41.5 Å². The van der Waals surface area contributed by atoms with Gasteiger partial charge in [-0.15, -0.1) is 0 Å². The van der Waals surface area contributed by atoms with Crippen LogP contribution in [0.5, 0.6) is 0 Å². The molecular formula is C24H20ClF4N3O. The number of nitrogens with zero attached hydrogens (tertiary/aromatic N) is 2. The maximum absolute atomic E-state index is 14.4. The van der Waals surface area contributed by atoms with E-state index >= 15 is 0 Å². The van der Waals surface area contributed by atoms with Crippen LogP contribution in [0.4, 0.5) is 28.9 Å². The second kappa shape index (κ2) is 9.39. The van der Waals surface area contributed by atoms with E-state index in [1.54, 1.807) is 24.0 Å². The van der Waals surface area contributed by atoms with Crippen LogP contribution in [0.25, 0.3) is 0 Å². The highest BCUT2D eigenvalue weighted by molar-refractivity contribution is 6.30. The van der Waals surface area contributed by atoms with E-state index in [4.69, 9.17) is 11.6 Å². The van der Waals surface area contributed by atoms with E-state index in [1.807, 2.05) is 0 Å². The zero-order chi connectivity index (χ0) is 23.7. The molecule has 9 heteroatoms. The standard InChI is InChI=1S/C24H20ClF4N3O/c1-13-23(31-20-10-17(27)9-19(28)22(20)29)18(11-30-24(13)25)21-8-15(6-7-32(21)12-33)14-2-4-16(26)5-3-14/h2-5,9-12,15,21H,6-8H2,1H3,(H,30,31). The number of benzene rings is 2. The summed E-state index contributed by atoms with van der Waals surface area (Å²) in [5.41, 5.74) is 1.81. The lowest BCUT2D eigenvalue weighted by molar-refractivity contribution is -0.121. The fraction of sp³-hybridized carbons (Fsp3) is 0.250. The highest BCUT2D eigenvalue weighted by Crippen LogP contribution is 2.43. The van der Waals surface area contributed by atoms with Crippen LogP contribution >= 0.6 is 11.6 Å². The Kier molecular flexibility index (Phi) is 6.56. The van der Waals surface area contributed by atoms with Crippen LogP contribution in [0.15, 0.2) is 42.6 Å².